The molecular formula is C10H8ClNO. The highest BCUT2D eigenvalue weighted by Gasteiger charge is 2.11. The molecule has 66 valence electrons. The van der Waals surface area contributed by atoms with Crippen molar-refractivity contribution in [2.24, 2.45) is 0 Å². The molecule has 0 fully saturated rings. The Labute approximate surface area is 80.5 Å². The summed E-state index contributed by atoms with van der Waals surface area (Å²) in [5, 5.41) is 1.41. The lowest BCUT2D eigenvalue weighted by Gasteiger charge is -1.88. The summed E-state index contributed by atoms with van der Waals surface area (Å²) in [5.74, 6) is -0.0406. The monoisotopic (exact) mass is 193 g/mol. The Bertz CT molecular complexity index is 473. The average molecular weight is 194 g/mol. The molecule has 2 nitrogen and oxygen atoms in total. The zero-order chi connectivity index (χ0) is 9.42. The second kappa shape index (κ2) is 2.89. The highest BCUT2D eigenvalue weighted by molar-refractivity contribution is 6.38. The van der Waals surface area contributed by atoms with Gasteiger partial charge >= 0.3 is 0 Å². The molecule has 1 N–H and O–H groups in total. The summed E-state index contributed by atoms with van der Waals surface area (Å²) in [6, 6.07) is 7.58. The molecular weight excluding hydrogens is 186 g/mol. The van der Waals surface area contributed by atoms with Gasteiger partial charge in [-0.3, -0.25) is 4.79 Å². The number of benzene rings is 1. The Hall–Kier alpha value is -1.28. The maximum Gasteiger partial charge on any atom is 0.177 e. The van der Waals surface area contributed by atoms with Gasteiger partial charge in [-0.1, -0.05) is 29.8 Å². The van der Waals surface area contributed by atoms with Crippen LogP contribution in [0.25, 0.3) is 10.9 Å². The van der Waals surface area contributed by atoms with E-state index in [1.807, 2.05) is 24.3 Å². The normalized spacial score (nSPS) is 10.6. The maximum atomic E-state index is 11.1. The molecule has 2 aromatic rings. The highest BCUT2D eigenvalue weighted by atomic mass is 35.5. The summed E-state index contributed by atoms with van der Waals surface area (Å²) in [7, 11) is 0. The Morgan fingerprint density at radius 3 is 2.69 bits per heavy atom. The number of hydrogen-bond acceptors (Lipinski definition) is 1. The topological polar surface area (TPSA) is 32.9 Å². The lowest BCUT2D eigenvalue weighted by molar-refractivity contribution is 0.101. The smallest absolute Gasteiger partial charge is 0.177 e. The predicted molar refractivity (Wildman–Crippen MR) is 53.3 cm³/mol. The van der Waals surface area contributed by atoms with Crippen molar-refractivity contribution in [2.75, 3.05) is 0 Å². The standard InChI is InChI=1S/C10H8ClNO/c1-6(13)10-9(11)7-4-2-3-5-8(7)12-10/h2-5,12H,1H3. The van der Waals surface area contributed by atoms with Crippen LogP contribution in [-0.4, -0.2) is 10.8 Å². The molecule has 0 saturated heterocycles. The van der Waals surface area contributed by atoms with Crippen LogP contribution in [0.2, 0.25) is 5.02 Å². The first-order valence-corrected chi connectivity index (χ1v) is 4.35. The van der Waals surface area contributed by atoms with Crippen molar-refractivity contribution >= 4 is 28.3 Å². The quantitative estimate of drug-likeness (QED) is 0.694. The summed E-state index contributed by atoms with van der Waals surface area (Å²) >= 11 is 6.00. The predicted octanol–water partition coefficient (Wildman–Crippen LogP) is 3.02. The Balaban J connectivity index is 2.81. The number of H-pyrrole nitrogens is 1. The van der Waals surface area contributed by atoms with Crippen LogP contribution >= 0.6 is 11.6 Å². The number of Topliss-reactive ketones (excluding diaryl/α,β-unsaturated/α-hetero) is 1. The largest absolute Gasteiger partial charge is 0.351 e. The summed E-state index contributed by atoms with van der Waals surface area (Å²) in [6.45, 7) is 1.50. The lowest BCUT2D eigenvalue weighted by atomic mass is 10.2. The van der Waals surface area contributed by atoms with Crippen molar-refractivity contribution in [3.05, 3.63) is 35.0 Å². The van der Waals surface area contributed by atoms with Crippen molar-refractivity contribution in [3.63, 3.8) is 0 Å². The number of ketones is 1. The minimum Gasteiger partial charge on any atom is -0.351 e. The van der Waals surface area contributed by atoms with Crippen molar-refractivity contribution < 1.29 is 4.79 Å². The van der Waals surface area contributed by atoms with E-state index < -0.39 is 0 Å². The molecule has 2 rings (SSSR count). The van der Waals surface area contributed by atoms with Crippen LogP contribution in [0.5, 0.6) is 0 Å². The van der Waals surface area contributed by atoms with Crippen molar-refractivity contribution in [2.45, 2.75) is 6.92 Å². The molecule has 0 bridgehead atoms. The number of hydrogen-bond donors (Lipinski definition) is 1. The first-order chi connectivity index (χ1) is 6.20. The number of para-hydroxylation sites is 1. The number of aromatic amines is 1. The summed E-state index contributed by atoms with van der Waals surface area (Å²) in [5.41, 5.74) is 1.39. The molecule has 1 aromatic heterocycles. The third-order valence-electron chi connectivity index (χ3n) is 1.99. The van der Waals surface area contributed by atoms with Gasteiger partial charge in [0.15, 0.2) is 5.78 Å². The van der Waals surface area contributed by atoms with E-state index in [1.54, 1.807) is 0 Å². The molecule has 1 heterocycles. The van der Waals surface area contributed by atoms with Gasteiger partial charge in [0, 0.05) is 17.8 Å². The van der Waals surface area contributed by atoms with E-state index in [4.69, 9.17) is 11.6 Å². The molecule has 0 aliphatic rings. The van der Waals surface area contributed by atoms with Crippen LogP contribution in [-0.2, 0) is 0 Å². The van der Waals surface area contributed by atoms with Crippen molar-refractivity contribution in [1.82, 2.24) is 4.98 Å². The van der Waals surface area contributed by atoms with Gasteiger partial charge in [0.2, 0.25) is 0 Å². The van der Waals surface area contributed by atoms with Crippen molar-refractivity contribution in [1.29, 1.82) is 0 Å². The number of aromatic nitrogens is 1. The third kappa shape index (κ3) is 1.23. The summed E-state index contributed by atoms with van der Waals surface area (Å²) < 4.78 is 0. The fourth-order valence-electron chi connectivity index (χ4n) is 1.35. The molecule has 0 unspecified atom stereocenters. The first kappa shape index (κ1) is 8.32. The summed E-state index contributed by atoms with van der Waals surface area (Å²) in [6.07, 6.45) is 0. The molecule has 0 aliphatic heterocycles. The van der Waals surface area contributed by atoms with Crippen LogP contribution in [0.4, 0.5) is 0 Å². The van der Waals surface area contributed by atoms with Crippen molar-refractivity contribution in [3.8, 4) is 0 Å². The Morgan fingerprint density at radius 1 is 1.38 bits per heavy atom. The Morgan fingerprint density at radius 2 is 2.08 bits per heavy atom. The van der Waals surface area contributed by atoms with Gasteiger partial charge in [0.25, 0.3) is 0 Å². The molecule has 0 spiro atoms. The van der Waals surface area contributed by atoms with Gasteiger partial charge < -0.3 is 4.98 Å². The van der Waals surface area contributed by atoms with Gasteiger partial charge in [0.05, 0.1) is 5.02 Å². The summed E-state index contributed by atoms with van der Waals surface area (Å²) in [4.78, 5) is 14.1. The van der Waals surface area contributed by atoms with E-state index >= 15 is 0 Å². The van der Waals surface area contributed by atoms with Gasteiger partial charge in [0.1, 0.15) is 5.69 Å². The molecule has 0 saturated carbocycles. The van der Waals surface area contributed by atoms with Crippen LogP contribution in [0.1, 0.15) is 17.4 Å². The number of halogens is 1. The van der Waals surface area contributed by atoms with Crippen LogP contribution in [0.3, 0.4) is 0 Å². The fourth-order valence-corrected chi connectivity index (χ4v) is 1.70. The third-order valence-corrected chi connectivity index (χ3v) is 2.39. The molecule has 13 heavy (non-hydrogen) atoms. The molecule has 0 radical (unpaired) electrons. The number of fused-ring (bicyclic) bond motifs is 1. The van der Waals surface area contributed by atoms with Crippen LogP contribution in [0.15, 0.2) is 24.3 Å². The fraction of sp³-hybridized carbons (Fsp3) is 0.100. The molecule has 0 amide bonds. The van der Waals surface area contributed by atoms with Gasteiger partial charge in [-0.25, -0.2) is 0 Å². The molecule has 3 heteroatoms. The van der Waals surface area contributed by atoms with Gasteiger partial charge in [-0.15, -0.1) is 0 Å². The minimum absolute atomic E-state index is 0.0406. The minimum atomic E-state index is -0.0406. The second-order valence-corrected chi connectivity index (χ2v) is 3.29. The molecule has 1 aromatic carbocycles. The SMILES string of the molecule is CC(=O)c1[nH]c2ccccc2c1Cl. The Kier molecular flexibility index (Phi) is 1.85. The van der Waals surface area contributed by atoms with E-state index in [0.717, 1.165) is 10.9 Å². The average Bonchev–Trinajstić information content (AvgIpc) is 2.45. The van der Waals surface area contributed by atoms with E-state index in [1.165, 1.54) is 6.92 Å². The highest BCUT2D eigenvalue weighted by Crippen LogP contribution is 2.27. The lowest BCUT2D eigenvalue weighted by Crippen LogP contribution is -1.91. The van der Waals surface area contributed by atoms with Crippen LogP contribution in [0, 0.1) is 0 Å². The number of carbonyl (C=O) groups is 1. The maximum absolute atomic E-state index is 11.1. The second-order valence-electron chi connectivity index (χ2n) is 2.92. The van der Waals surface area contributed by atoms with E-state index in [9.17, 15) is 4.79 Å². The molecule has 0 atom stereocenters. The van der Waals surface area contributed by atoms with E-state index in [0.29, 0.717) is 10.7 Å². The van der Waals surface area contributed by atoms with Gasteiger partial charge in [-0.05, 0) is 6.07 Å². The van der Waals surface area contributed by atoms with Crippen LogP contribution < -0.4 is 0 Å². The van der Waals surface area contributed by atoms with Gasteiger partial charge in [-0.2, -0.15) is 0 Å². The number of nitrogens with one attached hydrogen (secondary N) is 1. The van der Waals surface area contributed by atoms with E-state index in [-0.39, 0.29) is 5.78 Å². The van der Waals surface area contributed by atoms with E-state index in [2.05, 4.69) is 4.98 Å². The number of rotatable bonds is 1. The zero-order valence-corrected chi connectivity index (χ0v) is 7.85. The number of carbonyl (C=O) groups excluding carboxylic acids is 1. The first-order valence-electron chi connectivity index (χ1n) is 3.97. The zero-order valence-electron chi connectivity index (χ0n) is 7.10. The molecule has 0 aliphatic carbocycles.